The summed E-state index contributed by atoms with van der Waals surface area (Å²) >= 11 is 3.31. The maximum atomic E-state index is 11.4. The van der Waals surface area contributed by atoms with Crippen LogP contribution in [0, 0.1) is 0 Å². The van der Waals surface area contributed by atoms with Crippen LogP contribution in [0.3, 0.4) is 0 Å². The van der Waals surface area contributed by atoms with Gasteiger partial charge >= 0.3 is 5.97 Å². The normalized spacial score (nSPS) is 10.1. The Labute approximate surface area is 108 Å². The monoisotopic (exact) mass is 303 g/mol. The number of nitrogen functional groups attached to an aromatic ring is 1. The van der Waals surface area contributed by atoms with Crippen molar-refractivity contribution in [3.63, 3.8) is 0 Å². The molecular formula is C11H14BrNO4. The summed E-state index contributed by atoms with van der Waals surface area (Å²) in [6.07, 6.45) is 0. The van der Waals surface area contributed by atoms with Gasteiger partial charge in [-0.1, -0.05) is 0 Å². The highest BCUT2D eigenvalue weighted by Gasteiger charge is 2.14. The highest BCUT2D eigenvalue weighted by Crippen LogP contribution is 2.30. The molecule has 0 aliphatic carbocycles. The fourth-order valence-corrected chi connectivity index (χ4v) is 1.68. The van der Waals surface area contributed by atoms with Crippen molar-refractivity contribution in [2.24, 2.45) is 0 Å². The van der Waals surface area contributed by atoms with Crippen LogP contribution in [0.4, 0.5) is 5.69 Å². The van der Waals surface area contributed by atoms with Gasteiger partial charge in [-0.2, -0.15) is 0 Å². The average Bonchev–Trinajstić information content (AvgIpc) is 2.31. The molecule has 1 rings (SSSR count). The molecule has 17 heavy (non-hydrogen) atoms. The van der Waals surface area contributed by atoms with Crippen molar-refractivity contribution in [2.45, 2.75) is 0 Å². The molecule has 6 heteroatoms. The van der Waals surface area contributed by atoms with E-state index in [1.165, 1.54) is 7.11 Å². The van der Waals surface area contributed by atoms with Crippen molar-refractivity contribution in [3.05, 3.63) is 22.2 Å². The van der Waals surface area contributed by atoms with Gasteiger partial charge in [0, 0.05) is 12.8 Å². The Balaban J connectivity index is 2.93. The second kappa shape index (κ2) is 6.46. The minimum atomic E-state index is -0.494. The molecule has 0 amide bonds. The number of carbonyl (C=O) groups excluding carboxylic acids is 1. The third kappa shape index (κ3) is 3.61. The van der Waals surface area contributed by atoms with Gasteiger partial charge in [0.2, 0.25) is 0 Å². The van der Waals surface area contributed by atoms with Gasteiger partial charge < -0.3 is 19.9 Å². The van der Waals surface area contributed by atoms with Gasteiger partial charge in [-0.25, -0.2) is 4.79 Å². The van der Waals surface area contributed by atoms with Crippen molar-refractivity contribution >= 4 is 27.6 Å². The van der Waals surface area contributed by atoms with Crippen LogP contribution in [-0.4, -0.2) is 33.4 Å². The molecule has 0 atom stereocenters. The van der Waals surface area contributed by atoms with Gasteiger partial charge in [-0.3, -0.25) is 0 Å². The fourth-order valence-electron chi connectivity index (χ4n) is 1.20. The lowest BCUT2D eigenvalue weighted by molar-refractivity contribution is 0.0601. The second-order valence-electron chi connectivity index (χ2n) is 3.20. The molecule has 1 aromatic carbocycles. The number of methoxy groups -OCH3 is 2. The molecule has 5 nitrogen and oxygen atoms in total. The van der Waals surface area contributed by atoms with Crippen molar-refractivity contribution in [3.8, 4) is 5.75 Å². The maximum Gasteiger partial charge on any atom is 0.340 e. The number of nitrogens with two attached hydrogens (primary N) is 1. The summed E-state index contributed by atoms with van der Waals surface area (Å²) in [6.45, 7) is 0.851. The third-order valence-corrected chi connectivity index (χ3v) is 2.67. The zero-order chi connectivity index (χ0) is 12.8. The first-order chi connectivity index (χ1) is 8.10. The Morgan fingerprint density at radius 2 is 2.06 bits per heavy atom. The zero-order valence-corrected chi connectivity index (χ0v) is 11.2. The molecule has 0 unspecified atom stereocenters. The molecule has 0 saturated heterocycles. The molecule has 1 aromatic rings. The first-order valence-corrected chi connectivity index (χ1v) is 5.68. The molecule has 0 aliphatic rings. The lowest BCUT2D eigenvalue weighted by atomic mass is 10.2. The number of benzene rings is 1. The zero-order valence-electron chi connectivity index (χ0n) is 9.66. The summed E-state index contributed by atoms with van der Waals surface area (Å²) in [7, 11) is 2.89. The number of esters is 1. The lowest BCUT2D eigenvalue weighted by Gasteiger charge is -2.11. The molecule has 0 spiro atoms. The molecule has 2 N–H and O–H groups in total. The number of hydrogen-bond donors (Lipinski definition) is 1. The molecular weight excluding hydrogens is 290 g/mol. The highest BCUT2D eigenvalue weighted by molar-refractivity contribution is 9.10. The van der Waals surface area contributed by atoms with E-state index in [1.54, 1.807) is 19.2 Å². The van der Waals surface area contributed by atoms with Crippen LogP contribution in [-0.2, 0) is 9.47 Å². The number of carbonyl (C=O) groups is 1. The Morgan fingerprint density at radius 1 is 1.35 bits per heavy atom. The molecule has 94 valence electrons. The first kappa shape index (κ1) is 13.8. The average molecular weight is 304 g/mol. The van der Waals surface area contributed by atoms with Crippen LogP contribution in [0.2, 0.25) is 0 Å². The van der Waals surface area contributed by atoms with Gasteiger partial charge in [-0.05, 0) is 28.1 Å². The highest BCUT2D eigenvalue weighted by atomic mass is 79.9. The molecule has 0 heterocycles. The lowest BCUT2D eigenvalue weighted by Crippen LogP contribution is -2.09. The van der Waals surface area contributed by atoms with Crippen LogP contribution in [0.25, 0.3) is 0 Å². The molecule has 0 bridgehead atoms. The van der Waals surface area contributed by atoms with E-state index < -0.39 is 5.97 Å². The van der Waals surface area contributed by atoms with E-state index in [0.29, 0.717) is 29.1 Å². The third-order valence-electron chi connectivity index (χ3n) is 2.05. The van der Waals surface area contributed by atoms with E-state index in [1.807, 2.05) is 0 Å². The predicted molar refractivity (Wildman–Crippen MR) is 67.3 cm³/mol. The number of hydrogen-bond acceptors (Lipinski definition) is 5. The quantitative estimate of drug-likeness (QED) is 0.510. The van der Waals surface area contributed by atoms with Gasteiger partial charge in [0.25, 0.3) is 0 Å². The SMILES string of the molecule is COCCOc1cc(C(=O)OC)c(N)cc1Br. The topological polar surface area (TPSA) is 70.8 Å². The maximum absolute atomic E-state index is 11.4. The van der Waals surface area contributed by atoms with Crippen LogP contribution in [0.15, 0.2) is 16.6 Å². The van der Waals surface area contributed by atoms with E-state index in [9.17, 15) is 4.79 Å². The van der Waals surface area contributed by atoms with Crippen molar-refractivity contribution < 1.29 is 19.0 Å². The summed E-state index contributed by atoms with van der Waals surface area (Å²) in [4.78, 5) is 11.4. The first-order valence-electron chi connectivity index (χ1n) is 4.89. The van der Waals surface area contributed by atoms with Crippen molar-refractivity contribution in [2.75, 3.05) is 33.2 Å². The molecule has 0 fully saturated rings. The summed E-state index contributed by atoms with van der Waals surface area (Å²) in [5.41, 5.74) is 6.33. The van der Waals surface area contributed by atoms with E-state index in [0.717, 1.165) is 0 Å². The minimum Gasteiger partial charge on any atom is -0.490 e. The predicted octanol–water partition coefficient (Wildman–Crippen LogP) is 1.84. The summed E-state index contributed by atoms with van der Waals surface area (Å²) < 4.78 is 15.6. The Hall–Kier alpha value is -1.27. The van der Waals surface area contributed by atoms with Crippen LogP contribution in [0.5, 0.6) is 5.75 Å². The van der Waals surface area contributed by atoms with Gasteiger partial charge in [-0.15, -0.1) is 0 Å². The smallest absolute Gasteiger partial charge is 0.340 e. The number of halogens is 1. The second-order valence-corrected chi connectivity index (χ2v) is 4.06. The van der Waals surface area contributed by atoms with Crippen molar-refractivity contribution in [1.82, 2.24) is 0 Å². The summed E-state index contributed by atoms with van der Waals surface area (Å²) in [5.74, 6) is 0.0308. The van der Waals surface area contributed by atoms with Crippen LogP contribution < -0.4 is 10.5 Å². The van der Waals surface area contributed by atoms with E-state index in [4.69, 9.17) is 15.2 Å². The van der Waals surface area contributed by atoms with E-state index in [-0.39, 0.29) is 5.56 Å². The van der Waals surface area contributed by atoms with Crippen LogP contribution >= 0.6 is 15.9 Å². The van der Waals surface area contributed by atoms with E-state index in [2.05, 4.69) is 20.7 Å². The molecule has 0 aliphatic heterocycles. The Kier molecular flexibility index (Phi) is 5.24. The fraction of sp³-hybridized carbons (Fsp3) is 0.364. The largest absolute Gasteiger partial charge is 0.490 e. The summed E-state index contributed by atoms with van der Waals surface area (Å²) in [6, 6.07) is 3.15. The van der Waals surface area contributed by atoms with E-state index >= 15 is 0 Å². The minimum absolute atomic E-state index is 0.281. The number of rotatable bonds is 5. The van der Waals surface area contributed by atoms with Gasteiger partial charge in [0.15, 0.2) is 0 Å². The number of anilines is 1. The summed E-state index contributed by atoms with van der Waals surface area (Å²) in [5, 5.41) is 0. The van der Waals surface area contributed by atoms with Gasteiger partial charge in [0.05, 0.1) is 23.8 Å². The van der Waals surface area contributed by atoms with Crippen LogP contribution in [0.1, 0.15) is 10.4 Å². The van der Waals surface area contributed by atoms with Crippen molar-refractivity contribution in [1.29, 1.82) is 0 Å². The molecule has 0 aromatic heterocycles. The molecule has 0 radical (unpaired) electrons. The Bertz CT molecular complexity index is 409. The molecule has 0 saturated carbocycles. The standard InChI is InChI=1S/C11H14BrNO4/c1-15-3-4-17-10-5-7(11(14)16-2)9(13)6-8(10)12/h5-6H,3-4,13H2,1-2H3. The number of ether oxygens (including phenoxy) is 3. The Morgan fingerprint density at radius 3 is 2.65 bits per heavy atom. The van der Waals surface area contributed by atoms with Gasteiger partial charge in [0.1, 0.15) is 12.4 Å².